The highest BCUT2D eigenvalue weighted by atomic mass is 32.2. The fourth-order valence-electron chi connectivity index (χ4n) is 4.24. The van der Waals surface area contributed by atoms with Gasteiger partial charge in [-0.2, -0.15) is 4.31 Å². The maximum absolute atomic E-state index is 13.6. The lowest BCUT2D eigenvalue weighted by Gasteiger charge is -2.34. The van der Waals surface area contributed by atoms with E-state index in [0.29, 0.717) is 24.9 Å². The number of hydrogen-bond acceptors (Lipinski definition) is 4. The van der Waals surface area contributed by atoms with Crippen molar-refractivity contribution in [3.8, 4) is 0 Å². The van der Waals surface area contributed by atoms with E-state index in [0.717, 1.165) is 11.3 Å². The number of nitrogens with zero attached hydrogens (tertiary/aromatic N) is 2. The van der Waals surface area contributed by atoms with Crippen molar-refractivity contribution in [3.05, 3.63) is 96.1 Å². The van der Waals surface area contributed by atoms with Crippen LogP contribution < -0.4 is 4.90 Å². The number of para-hydroxylation sites is 1. The number of Topliss-reactive ketones (excluding diaryl/α,β-unsaturated/α-hetero) is 1. The molecule has 0 aliphatic carbocycles. The molecule has 176 valence electrons. The minimum Gasteiger partial charge on any atom is -0.308 e. The Morgan fingerprint density at radius 1 is 0.853 bits per heavy atom. The van der Waals surface area contributed by atoms with Gasteiger partial charge >= 0.3 is 0 Å². The minimum atomic E-state index is -3.68. The van der Waals surface area contributed by atoms with Crippen molar-refractivity contribution >= 4 is 27.4 Å². The molecule has 0 N–H and O–H groups in total. The molecule has 1 fully saturated rings. The van der Waals surface area contributed by atoms with Crippen LogP contribution >= 0.6 is 0 Å². The number of anilines is 1. The number of piperidine rings is 1. The Hall–Kier alpha value is -3.29. The number of carbonyl (C=O) groups excluding carboxylic acids is 2. The zero-order valence-corrected chi connectivity index (χ0v) is 19.9. The van der Waals surface area contributed by atoms with Crippen LogP contribution in [-0.4, -0.2) is 37.5 Å². The van der Waals surface area contributed by atoms with E-state index in [-0.39, 0.29) is 35.6 Å². The summed E-state index contributed by atoms with van der Waals surface area (Å²) in [6, 6.07) is 25.4. The van der Waals surface area contributed by atoms with Gasteiger partial charge in [-0.3, -0.25) is 9.59 Å². The first-order valence-electron chi connectivity index (χ1n) is 11.4. The van der Waals surface area contributed by atoms with Gasteiger partial charge in [0.2, 0.25) is 15.9 Å². The lowest BCUT2D eigenvalue weighted by Crippen LogP contribution is -2.44. The molecule has 0 radical (unpaired) electrons. The number of sulfonamides is 1. The van der Waals surface area contributed by atoms with Crippen LogP contribution in [0.1, 0.15) is 35.7 Å². The lowest BCUT2D eigenvalue weighted by molar-refractivity contribution is -0.123. The maximum atomic E-state index is 13.6. The molecular formula is C27H28N2O4S. The Morgan fingerprint density at radius 2 is 1.41 bits per heavy atom. The zero-order valence-electron chi connectivity index (χ0n) is 19.1. The second-order valence-corrected chi connectivity index (χ2v) is 10.4. The summed E-state index contributed by atoms with van der Waals surface area (Å²) in [6.45, 7) is 2.47. The zero-order chi connectivity index (χ0) is 24.1. The third-order valence-corrected chi connectivity index (χ3v) is 8.13. The van der Waals surface area contributed by atoms with E-state index in [2.05, 4.69) is 0 Å². The first-order valence-corrected chi connectivity index (χ1v) is 12.8. The number of carbonyl (C=O) groups is 2. The fraction of sp³-hybridized carbons (Fsp3) is 0.259. The molecule has 0 bridgehead atoms. The Balaban J connectivity index is 1.47. The molecular weight excluding hydrogens is 448 g/mol. The highest BCUT2D eigenvalue weighted by Gasteiger charge is 2.34. The average Bonchev–Trinajstić information content (AvgIpc) is 2.88. The van der Waals surface area contributed by atoms with Gasteiger partial charge in [-0.05, 0) is 49.6 Å². The molecule has 0 spiro atoms. The fourth-order valence-corrected chi connectivity index (χ4v) is 5.71. The summed E-state index contributed by atoms with van der Waals surface area (Å²) in [5.74, 6) is -0.352. The molecule has 6 nitrogen and oxygen atoms in total. The number of ketones is 1. The van der Waals surface area contributed by atoms with E-state index in [1.807, 2.05) is 60.7 Å². The number of amides is 1. The summed E-state index contributed by atoms with van der Waals surface area (Å²) in [7, 11) is -3.68. The molecule has 7 heteroatoms. The van der Waals surface area contributed by atoms with E-state index >= 15 is 0 Å². The van der Waals surface area contributed by atoms with Gasteiger partial charge in [0, 0.05) is 30.3 Å². The quantitative estimate of drug-likeness (QED) is 0.470. The number of hydrogen-bond donors (Lipinski definition) is 0. The molecule has 0 atom stereocenters. The molecule has 1 amide bonds. The van der Waals surface area contributed by atoms with Gasteiger partial charge in [-0.1, -0.05) is 60.7 Å². The van der Waals surface area contributed by atoms with Gasteiger partial charge < -0.3 is 4.90 Å². The minimum absolute atomic E-state index is 0.0120. The van der Waals surface area contributed by atoms with Crippen molar-refractivity contribution in [2.75, 3.05) is 18.0 Å². The highest BCUT2D eigenvalue weighted by Crippen LogP contribution is 2.28. The number of rotatable bonds is 7. The summed E-state index contributed by atoms with van der Waals surface area (Å²) in [6.07, 6.45) is 0.920. The van der Waals surface area contributed by atoms with Crippen LogP contribution in [0.15, 0.2) is 89.8 Å². The van der Waals surface area contributed by atoms with Crippen molar-refractivity contribution < 1.29 is 18.0 Å². The van der Waals surface area contributed by atoms with Gasteiger partial charge in [-0.25, -0.2) is 8.42 Å². The first kappa shape index (κ1) is 23.9. The summed E-state index contributed by atoms with van der Waals surface area (Å²) in [5.41, 5.74) is 2.34. The molecule has 3 aromatic rings. The van der Waals surface area contributed by atoms with E-state index in [1.165, 1.54) is 35.5 Å². The Labute approximate surface area is 200 Å². The Morgan fingerprint density at radius 3 is 1.97 bits per heavy atom. The van der Waals surface area contributed by atoms with Crippen LogP contribution in [0.4, 0.5) is 5.69 Å². The molecule has 0 unspecified atom stereocenters. The SMILES string of the molecule is CC(=O)c1ccc(S(=O)(=O)N2CCC(C(=O)N(Cc3ccccc3)c3ccccc3)CC2)cc1. The van der Waals surface area contributed by atoms with Crippen molar-refractivity contribution in [3.63, 3.8) is 0 Å². The third-order valence-electron chi connectivity index (χ3n) is 6.22. The van der Waals surface area contributed by atoms with Crippen LogP contribution in [0.3, 0.4) is 0 Å². The van der Waals surface area contributed by atoms with Crippen molar-refractivity contribution in [1.82, 2.24) is 4.31 Å². The Kier molecular flexibility index (Phi) is 7.24. The molecule has 1 aliphatic heterocycles. The largest absolute Gasteiger partial charge is 0.308 e. The van der Waals surface area contributed by atoms with Crippen molar-refractivity contribution in [2.24, 2.45) is 5.92 Å². The van der Waals surface area contributed by atoms with Crippen LogP contribution in [0.5, 0.6) is 0 Å². The summed E-state index contributed by atoms with van der Waals surface area (Å²) >= 11 is 0. The van der Waals surface area contributed by atoms with Gasteiger partial charge in [-0.15, -0.1) is 0 Å². The van der Waals surface area contributed by atoms with Crippen LogP contribution in [0, 0.1) is 5.92 Å². The van der Waals surface area contributed by atoms with E-state index in [9.17, 15) is 18.0 Å². The maximum Gasteiger partial charge on any atom is 0.243 e. The van der Waals surface area contributed by atoms with Crippen molar-refractivity contribution in [2.45, 2.75) is 31.2 Å². The number of benzene rings is 3. The summed E-state index contributed by atoms with van der Waals surface area (Å²) < 4.78 is 27.6. The highest BCUT2D eigenvalue weighted by molar-refractivity contribution is 7.89. The van der Waals surface area contributed by atoms with Crippen LogP contribution in [-0.2, 0) is 21.4 Å². The van der Waals surface area contributed by atoms with Gasteiger partial charge in [0.15, 0.2) is 5.78 Å². The van der Waals surface area contributed by atoms with E-state index < -0.39 is 10.0 Å². The van der Waals surface area contributed by atoms with E-state index in [4.69, 9.17) is 0 Å². The van der Waals surface area contributed by atoms with Gasteiger partial charge in [0.05, 0.1) is 11.4 Å². The topological polar surface area (TPSA) is 74.8 Å². The first-order chi connectivity index (χ1) is 16.4. The standard InChI is InChI=1S/C27H28N2O4S/c1-21(30)23-12-14-26(15-13-23)34(32,33)28-18-16-24(17-19-28)27(31)29(25-10-6-3-7-11-25)20-22-8-4-2-5-9-22/h2-15,24H,16-20H2,1H3. The third kappa shape index (κ3) is 5.26. The van der Waals surface area contributed by atoms with E-state index in [1.54, 1.807) is 4.90 Å². The second-order valence-electron chi connectivity index (χ2n) is 8.50. The molecule has 1 heterocycles. The molecule has 1 saturated heterocycles. The average molecular weight is 477 g/mol. The Bertz CT molecular complexity index is 1230. The van der Waals surface area contributed by atoms with Crippen molar-refractivity contribution in [1.29, 1.82) is 0 Å². The smallest absolute Gasteiger partial charge is 0.243 e. The molecule has 34 heavy (non-hydrogen) atoms. The second kappa shape index (κ2) is 10.3. The monoisotopic (exact) mass is 476 g/mol. The van der Waals surface area contributed by atoms with Gasteiger partial charge in [0.1, 0.15) is 0 Å². The van der Waals surface area contributed by atoms with Crippen LogP contribution in [0.2, 0.25) is 0 Å². The molecule has 3 aromatic carbocycles. The normalized spacial score (nSPS) is 15.1. The molecule has 0 aromatic heterocycles. The predicted octanol–water partition coefficient (Wildman–Crippen LogP) is 4.52. The summed E-state index contributed by atoms with van der Waals surface area (Å²) in [4.78, 5) is 27.0. The van der Waals surface area contributed by atoms with Crippen LogP contribution in [0.25, 0.3) is 0 Å². The van der Waals surface area contributed by atoms with Gasteiger partial charge in [0.25, 0.3) is 0 Å². The summed E-state index contributed by atoms with van der Waals surface area (Å²) in [5, 5.41) is 0. The molecule has 0 saturated carbocycles. The lowest BCUT2D eigenvalue weighted by atomic mass is 9.96. The predicted molar refractivity (Wildman–Crippen MR) is 132 cm³/mol. The molecule has 4 rings (SSSR count). The molecule has 1 aliphatic rings.